The first kappa shape index (κ1) is 13.8. The molecular weight excluding hydrogens is 332 g/mol. The molecule has 0 aliphatic rings. The van der Waals surface area contributed by atoms with E-state index >= 15 is 0 Å². The number of fused-ring (bicyclic) bond motifs is 1. The van der Waals surface area contributed by atoms with Crippen molar-refractivity contribution in [2.24, 2.45) is 0 Å². The van der Waals surface area contributed by atoms with Gasteiger partial charge in [-0.25, -0.2) is 0 Å². The fourth-order valence-electron chi connectivity index (χ4n) is 2.10. The van der Waals surface area contributed by atoms with Crippen molar-refractivity contribution in [2.75, 3.05) is 17.7 Å². The van der Waals surface area contributed by atoms with Gasteiger partial charge in [-0.05, 0) is 24.6 Å². The number of benzene rings is 1. The highest BCUT2D eigenvalue weighted by atomic mass is 79.9. The first-order valence-electron chi connectivity index (χ1n) is 6.58. The monoisotopic (exact) mass is 346 g/mol. The van der Waals surface area contributed by atoms with E-state index in [1.165, 1.54) is 5.56 Å². The highest BCUT2D eigenvalue weighted by Gasteiger charge is 2.12. The van der Waals surface area contributed by atoms with Gasteiger partial charge in [0.25, 0.3) is 0 Å². The van der Waals surface area contributed by atoms with E-state index < -0.39 is 0 Å². The molecule has 1 unspecified atom stereocenters. The number of H-pyrrole nitrogens is 1. The summed E-state index contributed by atoms with van der Waals surface area (Å²) >= 11 is 3.45. The van der Waals surface area contributed by atoms with Gasteiger partial charge < -0.3 is 10.6 Å². The molecule has 3 N–H and O–H groups in total. The maximum absolute atomic E-state index is 4.47. The van der Waals surface area contributed by atoms with E-state index in [9.17, 15) is 0 Å². The molecule has 0 saturated carbocycles. The zero-order valence-corrected chi connectivity index (χ0v) is 13.3. The summed E-state index contributed by atoms with van der Waals surface area (Å²) in [6.45, 7) is 2.09. The Morgan fingerprint density at radius 2 is 1.95 bits per heavy atom. The van der Waals surface area contributed by atoms with Crippen molar-refractivity contribution < 1.29 is 0 Å². The molecule has 0 amide bonds. The number of hydrogen-bond acceptors (Lipinski definition) is 5. The largest absolute Gasteiger partial charge is 0.363 e. The third kappa shape index (κ3) is 2.82. The van der Waals surface area contributed by atoms with Crippen LogP contribution in [0.3, 0.4) is 0 Å². The highest BCUT2D eigenvalue weighted by Crippen LogP contribution is 2.25. The summed E-state index contributed by atoms with van der Waals surface area (Å²) in [6, 6.07) is 8.33. The molecule has 0 bridgehead atoms. The maximum Gasteiger partial charge on any atom is 0.226 e. The number of aromatic amines is 1. The van der Waals surface area contributed by atoms with Gasteiger partial charge in [-0.3, -0.25) is 5.10 Å². The summed E-state index contributed by atoms with van der Waals surface area (Å²) in [5.74, 6) is 1.31. The zero-order valence-electron chi connectivity index (χ0n) is 11.7. The molecule has 0 aliphatic heterocycles. The first-order valence-corrected chi connectivity index (χ1v) is 7.37. The smallest absolute Gasteiger partial charge is 0.226 e. The Morgan fingerprint density at radius 3 is 2.67 bits per heavy atom. The molecule has 2 aromatic heterocycles. The minimum atomic E-state index is 0.121. The summed E-state index contributed by atoms with van der Waals surface area (Å²) in [7, 11) is 1.79. The average Bonchev–Trinajstić information content (AvgIpc) is 2.96. The molecule has 0 aliphatic carbocycles. The Kier molecular flexibility index (Phi) is 3.74. The lowest BCUT2D eigenvalue weighted by atomic mass is 10.1. The molecule has 6 nitrogen and oxygen atoms in total. The number of hydrogen-bond donors (Lipinski definition) is 3. The number of rotatable bonds is 4. The van der Waals surface area contributed by atoms with Gasteiger partial charge in [0, 0.05) is 17.6 Å². The van der Waals surface area contributed by atoms with Crippen LogP contribution in [0.4, 0.5) is 11.8 Å². The molecule has 0 spiro atoms. The fourth-order valence-corrected chi connectivity index (χ4v) is 2.36. The van der Waals surface area contributed by atoms with Crippen LogP contribution in [-0.2, 0) is 0 Å². The second-order valence-electron chi connectivity index (χ2n) is 4.70. The summed E-state index contributed by atoms with van der Waals surface area (Å²) < 4.78 is 1.06. The standard InChI is InChI=1S/C14H15BrN6/c1-8(9-3-5-10(15)6-4-9)18-12-11-7-17-21-13(11)20-14(16-2)19-12/h3-8H,1-2H3,(H3,16,17,18,19,20,21). The second kappa shape index (κ2) is 5.69. The van der Waals surface area contributed by atoms with Crippen molar-refractivity contribution in [2.45, 2.75) is 13.0 Å². The van der Waals surface area contributed by atoms with Crippen molar-refractivity contribution in [1.29, 1.82) is 0 Å². The Hall–Kier alpha value is -2.15. The summed E-state index contributed by atoms with van der Waals surface area (Å²) in [5.41, 5.74) is 1.89. The topological polar surface area (TPSA) is 78.5 Å². The van der Waals surface area contributed by atoms with Crippen LogP contribution in [0.15, 0.2) is 34.9 Å². The van der Waals surface area contributed by atoms with Crippen LogP contribution in [0, 0.1) is 0 Å². The van der Waals surface area contributed by atoms with E-state index in [1.54, 1.807) is 13.2 Å². The SMILES string of the molecule is CNc1nc(NC(C)c2ccc(Br)cc2)c2cn[nH]c2n1. The predicted molar refractivity (Wildman–Crippen MR) is 87.4 cm³/mol. The van der Waals surface area contributed by atoms with Crippen LogP contribution in [0.2, 0.25) is 0 Å². The third-order valence-corrected chi connectivity index (χ3v) is 3.79. The van der Waals surface area contributed by atoms with E-state index in [0.717, 1.165) is 15.7 Å². The van der Waals surface area contributed by atoms with Crippen molar-refractivity contribution in [3.8, 4) is 0 Å². The van der Waals surface area contributed by atoms with Gasteiger partial charge in [0.1, 0.15) is 5.82 Å². The zero-order chi connectivity index (χ0) is 14.8. The number of aromatic nitrogens is 4. The lowest BCUT2D eigenvalue weighted by Gasteiger charge is -2.16. The molecule has 1 aromatic carbocycles. The molecule has 3 rings (SSSR count). The van der Waals surface area contributed by atoms with Crippen molar-refractivity contribution >= 4 is 38.7 Å². The maximum atomic E-state index is 4.47. The second-order valence-corrected chi connectivity index (χ2v) is 5.61. The summed E-state index contributed by atoms with van der Waals surface area (Å²) in [5, 5.41) is 14.1. The number of halogens is 1. The van der Waals surface area contributed by atoms with Crippen LogP contribution in [0.1, 0.15) is 18.5 Å². The van der Waals surface area contributed by atoms with Crippen molar-refractivity contribution in [3.05, 3.63) is 40.5 Å². The third-order valence-electron chi connectivity index (χ3n) is 3.26. The van der Waals surface area contributed by atoms with Crippen LogP contribution in [0.5, 0.6) is 0 Å². The average molecular weight is 347 g/mol. The van der Waals surface area contributed by atoms with Crippen LogP contribution in [-0.4, -0.2) is 27.2 Å². The molecule has 2 heterocycles. The van der Waals surface area contributed by atoms with E-state index in [-0.39, 0.29) is 6.04 Å². The molecular formula is C14H15BrN6. The minimum absolute atomic E-state index is 0.121. The lowest BCUT2D eigenvalue weighted by molar-refractivity contribution is 0.876. The van der Waals surface area contributed by atoms with E-state index in [2.05, 4.69) is 65.8 Å². The van der Waals surface area contributed by atoms with Crippen LogP contribution < -0.4 is 10.6 Å². The van der Waals surface area contributed by atoms with E-state index in [1.807, 2.05) is 12.1 Å². The Morgan fingerprint density at radius 1 is 1.19 bits per heavy atom. The van der Waals surface area contributed by atoms with Crippen molar-refractivity contribution in [1.82, 2.24) is 20.2 Å². The van der Waals surface area contributed by atoms with Gasteiger partial charge in [0.05, 0.1) is 11.6 Å². The highest BCUT2D eigenvalue weighted by molar-refractivity contribution is 9.10. The number of anilines is 2. The predicted octanol–water partition coefficient (Wildman–Crippen LogP) is 3.33. The quantitative estimate of drug-likeness (QED) is 0.675. The van der Waals surface area contributed by atoms with Gasteiger partial charge >= 0.3 is 0 Å². The molecule has 3 aromatic rings. The number of nitrogens with zero attached hydrogens (tertiary/aromatic N) is 3. The Balaban J connectivity index is 1.93. The van der Waals surface area contributed by atoms with Gasteiger partial charge in [0.2, 0.25) is 5.95 Å². The number of nitrogens with one attached hydrogen (secondary N) is 3. The molecule has 21 heavy (non-hydrogen) atoms. The fraction of sp³-hybridized carbons (Fsp3) is 0.214. The summed E-state index contributed by atoms with van der Waals surface area (Å²) in [6.07, 6.45) is 1.73. The van der Waals surface area contributed by atoms with Gasteiger partial charge in [0.15, 0.2) is 5.65 Å². The van der Waals surface area contributed by atoms with E-state index in [0.29, 0.717) is 11.6 Å². The van der Waals surface area contributed by atoms with Gasteiger partial charge in [-0.2, -0.15) is 15.1 Å². The summed E-state index contributed by atoms with van der Waals surface area (Å²) in [4.78, 5) is 8.79. The van der Waals surface area contributed by atoms with E-state index in [4.69, 9.17) is 0 Å². The Bertz CT molecular complexity index is 752. The Labute approximate surface area is 130 Å². The lowest BCUT2D eigenvalue weighted by Crippen LogP contribution is -2.09. The first-order chi connectivity index (χ1) is 10.2. The molecule has 0 radical (unpaired) electrons. The minimum Gasteiger partial charge on any atom is -0.363 e. The normalized spacial score (nSPS) is 12.3. The van der Waals surface area contributed by atoms with Crippen LogP contribution in [0.25, 0.3) is 11.0 Å². The van der Waals surface area contributed by atoms with Gasteiger partial charge in [-0.15, -0.1) is 0 Å². The van der Waals surface area contributed by atoms with Gasteiger partial charge in [-0.1, -0.05) is 28.1 Å². The molecule has 7 heteroatoms. The molecule has 0 saturated heterocycles. The van der Waals surface area contributed by atoms with Crippen LogP contribution >= 0.6 is 15.9 Å². The molecule has 108 valence electrons. The molecule has 1 atom stereocenters. The molecule has 0 fully saturated rings. The van der Waals surface area contributed by atoms with Crippen molar-refractivity contribution in [3.63, 3.8) is 0 Å².